The van der Waals surface area contributed by atoms with Crippen LogP contribution in [0.15, 0.2) is 42.5 Å². The Kier molecular flexibility index (Phi) is 15.8. The van der Waals surface area contributed by atoms with Crippen molar-refractivity contribution < 1.29 is 104 Å². The molecule has 0 aromatic heterocycles. The third-order valence-electron chi connectivity index (χ3n) is 9.95. The highest BCUT2D eigenvalue weighted by atomic mass is 16.7. The van der Waals surface area contributed by atoms with E-state index in [0.717, 1.165) is 19.1 Å². The number of benzene rings is 2. The SMILES string of the molecule is CC(=O)O[C@H]1[C@H](OCCc2ccc(O)c(O)c2)O[C@H](CO[C@@H]2O[C@H](CO)[C@@H](O)[C@H](O)[C@H]2O)[C@@H](OC(=O)/C=C/c2ccc(O)c(O)c2)[C@@H]1OC[C@@H]1O[C@@H](C)[C@H](O)[C@@H](O)[C@H]1O. The predicted molar refractivity (Wildman–Crippen MR) is 194 cm³/mol. The van der Waals surface area contributed by atoms with E-state index in [1.807, 2.05) is 0 Å². The smallest absolute Gasteiger partial charge is 0.331 e. The molecule has 15 atom stereocenters. The van der Waals surface area contributed by atoms with E-state index in [2.05, 4.69) is 0 Å². The van der Waals surface area contributed by atoms with Crippen molar-refractivity contribution in [2.45, 2.75) is 112 Å². The van der Waals surface area contributed by atoms with Crippen molar-refractivity contribution in [2.75, 3.05) is 26.4 Å². The van der Waals surface area contributed by atoms with Crippen molar-refractivity contribution in [1.82, 2.24) is 0 Å². The highest BCUT2D eigenvalue weighted by molar-refractivity contribution is 5.87. The molecule has 0 bridgehead atoms. The lowest BCUT2D eigenvalue weighted by Crippen LogP contribution is -2.64. The van der Waals surface area contributed by atoms with Gasteiger partial charge in [0.15, 0.2) is 47.8 Å². The maximum Gasteiger partial charge on any atom is 0.331 e. The molecule has 3 heterocycles. The first-order chi connectivity index (χ1) is 28.0. The van der Waals surface area contributed by atoms with Crippen molar-refractivity contribution in [3.63, 3.8) is 0 Å². The molecule has 2 aromatic rings. The van der Waals surface area contributed by atoms with Crippen LogP contribution < -0.4 is 0 Å². The Labute approximate surface area is 336 Å². The number of ether oxygens (including phenoxy) is 8. The second-order valence-corrected chi connectivity index (χ2v) is 14.2. The van der Waals surface area contributed by atoms with Crippen LogP contribution in [0, 0.1) is 0 Å². The number of carbonyl (C=O) groups is 2. The maximum atomic E-state index is 13.5. The lowest BCUT2D eigenvalue weighted by Gasteiger charge is -2.46. The normalized spacial score (nSPS) is 35.0. The van der Waals surface area contributed by atoms with Gasteiger partial charge in [-0.05, 0) is 54.8 Å². The number of rotatable bonds is 15. The number of aromatic hydroxyl groups is 4. The van der Waals surface area contributed by atoms with Crippen LogP contribution >= 0.6 is 0 Å². The number of carbonyl (C=O) groups excluding carboxylic acids is 2. The summed E-state index contributed by atoms with van der Waals surface area (Å²) in [5.41, 5.74) is 0.772. The van der Waals surface area contributed by atoms with Gasteiger partial charge in [-0.1, -0.05) is 12.1 Å². The van der Waals surface area contributed by atoms with Gasteiger partial charge >= 0.3 is 11.9 Å². The molecule has 2 aromatic carbocycles. The van der Waals surface area contributed by atoms with Gasteiger partial charge in [0.1, 0.15) is 61.0 Å². The van der Waals surface area contributed by atoms with E-state index in [9.17, 15) is 65.8 Å². The highest BCUT2D eigenvalue weighted by Gasteiger charge is 2.53. The second-order valence-electron chi connectivity index (χ2n) is 14.2. The Balaban J connectivity index is 1.48. The molecule has 5 rings (SSSR count). The minimum atomic E-state index is -1.86. The van der Waals surface area contributed by atoms with Crippen LogP contribution in [0.3, 0.4) is 0 Å². The average molecular weight is 843 g/mol. The predicted octanol–water partition coefficient (Wildman–Crippen LogP) is -2.58. The van der Waals surface area contributed by atoms with Crippen molar-refractivity contribution in [2.24, 2.45) is 0 Å². The fourth-order valence-corrected chi connectivity index (χ4v) is 6.67. The van der Waals surface area contributed by atoms with Crippen molar-refractivity contribution >= 4 is 18.0 Å². The molecule has 11 N–H and O–H groups in total. The standard InChI is InChI=1S/C38H50O21/c1-16-28(46)31(49)30(48)25(55-16)14-53-35-34(59-27(45)8-5-18-3-6-20(41)22(43)11-18)26(15-54-37-33(51)32(50)29(47)24(13-39)57-37)58-38(36(35)56-17(2)40)52-10-9-19-4-7-21(42)23(44)12-19/h3-8,11-12,16,24-26,28-39,41-44,46-51H,9-10,13-15H2,1-2H3/b8-5+/t16-,24+,25-,26+,28-,29+,30-,31+,32-,33+,34+,35-,36+,37+,38+/m0/s1. The summed E-state index contributed by atoms with van der Waals surface area (Å²) < 4.78 is 46.8. The summed E-state index contributed by atoms with van der Waals surface area (Å²) in [6.45, 7) is 0.305. The van der Waals surface area contributed by atoms with Gasteiger partial charge in [-0.3, -0.25) is 4.79 Å². The molecule has 3 aliphatic rings. The summed E-state index contributed by atoms with van der Waals surface area (Å²) in [7, 11) is 0. The third-order valence-corrected chi connectivity index (χ3v) is 9.95. The van der Waals surface area contributed by atoms with Gasteiger partial charge in [0.25, 0.3) is 0 Å². The molecule has 21 heteroatoms. The second kappa shape index (κ2) is 20.4. The van der Waals surface area contributed by atoms with Crippen molar-refractivity contribution in [1.29, 1.82) is 0 Å². The monoisotopic (exact) mass is 842 g/mol. The quantitative estimate of drug-likeness (QED) is 0.0498. The molecule has 0 unspecified atom stereocenters. The van der Waals surface area contributed by atoms with Crippen LogP contribution in [0.1, 0.15) is 25.0 Å². The fraction of sp³-hybridized carbons (Fsp3) is 0.579. The zero-order valence-corrected chi connectivity index (χ0v) is 31.8. The average Bonchev–Trinajstić information content (AvgIpc) is 3.20. The van der Waals surface area contributed by atoms with Crippen LogP contribution in [-0.4, -0.2) is 186 Å². The summed E-state index contributed by atoms with van der Waals surface area (Å²) >= 11 is 0. The summed E-state index contributed by atoms with van der Waals surface area (Å²) in [5.74, 6) is -3.58. The van der Waals surface area contributed by atoms with E-state index in [1.165, 1.54) is 43.3 Å². The van der Waals surface area contributed by atoms with Gasteiger partial charge in [-0.25, -0.2) is 4.79 Å². The Hall–Kier alpha value is -4.20. The van der Waals surface area contributed by atoms with Crippen molar-refractivity contribution in [3.8, 4) is 23.0 Å². The minimum Gasteiger partial charge on any atom is -0.504 e. The molecule has 0 radical (unpaired) electrons. The molecular formula is C38H50O21. The van der Waals surface area contributed by atoms with E-state index in [0.29, 0.717) is 5.56 Å². The van der Waals surface area contributed by atoms with Gasteiger partial charge in [-0.15, -0.1) is 0 Å². The Bertz CT molecular complexity index is 1740. The summed E-state index contributed by atoms with van der Waals surface area (Å²) in [6, 6.07) is 7.78. The number of aliphatic hydroxyl groups excluding tert-OH is 7. The summed E-state index contributed by atoms with van der Waals surface area (Å²) in [5, 5.41) is 112. The molecule has 0 amide bonds. The van der Waals surface area contributed by atoms with Crippen LogP contribution in [0.5, 0.6) is 23.0 Å². The van der Waals surface area contributed by atoms with Crippen LogP contribution in [0.25, 0.3) is 6.08 Å². The lowest BCUT2D eigenvalue weighted by atomic mass is 9.95. The number of phenols is 4. The summed E-state index contributed by atoms with van der Waals surface area (Å²) in [6.07, 6.45) is -21.1. The van der Waals surface area contributed by atoms with E-state index in [4.69, 9.17) is 37.9 Å². The molecule has 0 aliphatic carbocycles. The third kappa shape index (κ3) is 11.3. The van der Waals surface area contributed by atoms with Gasteiger partial charge < -0.3 is 94.1 Å². The van der Waals surface area contributed by atoms with E-state index >= 15 is 0 Å². The molecule has 0 spiro atoms. The molecule has 0 saturated carbocycles. The highest BCUT2D eigenvalue weighted by Crippen LogP contribution is 2.33. The van der Waals surface area contributed by atoms with Gasteiger partial charge in [0.05, 0.1) is 32.5 Å². The topological polar surface area (TPSA) is 331 Å². The molecule has 328 valence electrons. The molecule has 3 aliphatic heterocycles. The van der Waals surface area contributed by atoms with E-state index in [1.54, 1.807) is 0 Å². The Morgan fingerprint density at radius 2 is 1.27 bits per heavy atom. The molecule has 21 nitrogen and oxygen atoms in total. The van der Waals surface area contributed by atoms with Crippen LogP contribution in [-0.2, 0) is 53.9 Å². The van der Waals surface area contributed by atoms with Gasteiger partial charge in [0.2, 0.25) is 0 Å². The minimum absolute atomic E-state index is 0.105. The lowest BCUT2D eigenvalue weighted by molar-refractivity contribution is -0.337. The molecular weight excluding hydrogens is 792 g/mol. The first-order valence-corrected chi connectivity index (χ1v) is 18.6. The number of hydrogen-bond acceptors (Lipinski definition) is 21. The van der Waals surface area contributed by atoms with E-state index in [-0.39, 0.29) is 24.3 Å². The van der Waals surface area contributed by atoms with E-state index < -0.39 is 141 Å². The van der Waals surface area contributed by atoms with Gasteiger partial charge in [0, 0.05) is 13.0 Å². The van der Waals surface area contributed by atoms with Gasteiger partial charge in [-0.2, -0.15) is 0 Å². The molecule has 3 saturated heterocycles. The number of esters is 2. The maximum absolute atomic E-state index is 13.5. The Morgan fingerprint density at radius 1 is 0.644 bits per heavy atom. The Morgan fingerprint density at radius 3 is 1.93 bits per heavy atom. The zero-order valence-electron chi connectivity index (χ0n) is 31.8. The van der Waals surface area contributed by atoms with Crippen LogP contribution in [0.4, 0.5) is 0 Å². The summed E-state index contributed by atoms with van der Waals surface area (Å²) in [4.78, 5) is 26.1. The van der Waals surface area contributed by atoms with Crippen molar-refractivity contribution in [3.05, 3.63) is 53.6 Å². The molecule has 3 fully saturated rings. The molecule has 59 heavy (non-hydrogen) atoms. The number of aliphatic hydroxyl groups is 7. The largest absolute Gasteiger partial charge is 0.504 e. The first kappa shape index (κ1) is 45.9. The number of hydrogen-bond donors (Lipinski definition) is 11. The fourth-order valence-electron chi connectivity index (χ4n) is 6.67. The zero-order chi connectivity index (χ0) is 43.1. The first-order valence-electron chi connectivity index (χ1n) is 18.6. The van der Waals surface area contributed by atoms with Crippen LogP contribution in [0.2, 0.25) is 0 Å². The number of phenolic OH excluding ortho intramolecular Hbond substituents is 4.